The van der Waals surface area contributed by atoms with Crippen molar-refractivity contribution < 1.29 is 14.7 Å². The lowest BCUT2D eigenvalue weighted by Gasteiger charge is -2.16. The maximum Gasteiger partial charge on any atom is 0.326 e. The first-order valence-electron chi connectivity index (χ1n) is 6.92. The zero-order valence-corrected chi connectivity index (χ0v) is 14.1. The molecule has 6 heteroatoms. The first kappa shape index (κ1) is 17.5. The molecule has 0 spiro atoms. The highest BCUT2D eigenvalue weighted by Crippen LogP contribution is 2.27. The molecule has 1 rings (SSSR count). The zero-order chi connectivity index (χ0) is 16.0. The van der Waals surface area contributed by atoms with Crippen LogP contribution in [-0.4, -0.2) is 23.1 Å². The van der Waals surface area contributed by atoms with Crippen LogP contribution in [0.4, 0.5) is 10.5 Å². The molecule has 0 aliphatic rings. The average Bonchev–Trinajstić information content (AvgIpc) is 2.38. The molecular formula is C15H21BrN2O3. The van der Waals surface area contributed by atoms with Gasteiger partial charge in [0.1, 0.15) is 6.04 Å². The Kier molecular flexibility index (Phi) is 6.68. The smallest absolute Gasteiger partial charge is 0.326 e. The molecule has 1 atom stereocenters. The van der Waals surface area contributed by atoms with Gasteiger partial charge in [0.25, 0.3) is 0 Å². The number of carbonyl (C=O) groups is 2. The van der Waals surface area contributed by atoms with Crippen molar-refractivity contribution in [3.8, 4) is 0 Å². The molecule has 0 saturated heterocycles. The molecule has 0 radical (unpaired) electrons. The second-order valence-electron chi connectivity index (χ2n) is 5.07. The highest BCUT2D eigenvalue weighted by Gasteiger charge is 2.19. The van der Waals surface area contributed by atoms with E-state index in [0.717, 1.165) is 28.4 Å². The summed E-state index contributed by atoms with van der Waals surface area (Å²) in [6, 6.07) is 2.47. The number of carbonyl (C=O) groups excluding carboxylic acids is 1. The van der Waals surface area contributed by atoms with Crippen molar-refractivity contribution in [3.05, 3.63) is 27.7 Å². The van der Waals surface area contributed by atoms with E-state index in [9.17, 15) is 9.59 Å². The Balaban J connectivity index is 2.74. The fourth-order valence-electron chi connectivity index (χ4n) is 2.05. The maximum absolute atomic E-state index is 12.0. The van der Waals surface area contributed by atoms with Gasteiger partial charge in [0.05, 0.1) is 5.69 Å². The number of carboxylic acids is 1. The van der Waals surface area contributed by atoms with Crippen LogP contribution in [0.25, 0.3) is 0 Å². The number of urea groups is 1. The van der Waals surface area contributed by atoms with Gasteiger partial charge in [-0.25, -0.2) is 9.59 Å². The average molecular weight is 357 g/mol. The quantitative estimate of drug-likeness (QED) is 0.724. The lowest BCUT2D eigenvalue weighted by atomic mass is 10.1. The van der Waals surface area contributed by atoms with Crippen molar-refractivity contribution in [2.45, 2.75) is 46.1 Å². The lowest BCUT2D eigenvalue weighted by Crippen LogP contribution is -2.43. The zero-order valence-electron chi connectivity index (χ0n) is 12.5. The Morgan fingerprint density at radius 2 is 2.00 bits per heavy atom. The molecule has 0 aromatic heterocycles. The Bertz CT molecular complexity index is 509. The molecule has 3 N–H and O–H groups in total. The van der Waals surface area contributed by atoms with Crippen molar-refractivity contribution in [2.24, 2.45) is 0 Å². The summed E-state index contributed by atoms with van der Waals surface area (Å²) in [5.41, 5.74) is 2.65. The van der Waals surface area contributed by atoms with E-state index in [0.29, 0.717) is 12.1 Å². The monoisotopic (exact) mass is 356 g/mol. The summed E-state index contributed by atoms with van der Waals surface area (Å²) in [5, 5.41) is 14.3. The SMILES string of the molecule is CCCC[C@H](NC(=O)Nc1c(C)cc(C)cc1Br)C(=O)O. The van der Waals surface area contributed by atoms with E-state index in [2.05, 4.69) is 26.6 Å². The molecule has 1 aromatic rings. The Labute approximate surface area is 133 Å². The lowest BCUT2D eigenvalue weighted by molar-refractivity contribution is -0.139. The van der Waals surface area contributed by atoms with Crippen LogP contribution in [0.15, 0.2) is 16.6 Å². The predicted molar refractivity (Wildman–Crippen MR) is 86.7 cm³/mol. The number of unbranched alkanes of at least 4 members (excludes halogenated alkanes) is 1. The number of benzene rings is 1. The summed E-state index contributed by atoms with van der Waals surface area (Å²) < 4.78 is 0.774. The molecule has 0 fully saturated rings. The predicted octanol–water partition coefficient (Wildman–Crippen LogP) is 3.83. The topological polar surface area (TPSA) is 78.4 Å². The Morgan fingerprint density at radius 1 is 1.33 bits per heavy atom. The second-order valence-corrected chi connectivity index (χ2v) is 5.92. The third-order valence-corrected chi connectivity index (χ3v) is 3.75. The Morgan fingerprint density at radius 3 is 2.52 bits per heavy atom. The van der Waals surface area contributed by atoms with Crippen LogP contribution in [-0.2, 0) is 4.79 Å². The van der Waals surface area contributed by atoms with Gasteiger partial charge >= 0.3 is 12.0 Å². The summed E-state index contributed by atoms with van der Waals surface area (Å²) in [6.07, 6.45) is 2.06. The van der Waals surface area contributed by atoms with E-state index in [1.807, 2.05) is 32.9 Å². The minimum Gasteiger partial charge on any atom is -0.480 e. The number of hydrogen-bond donors (Lipinski definition) is 3. The van der Waals surface area contributed by atoms with Crippen LogP contribution in [0, 0.1) is 13.8 Å². The molecule has 21 heavy (non-hydrogen) atoms. The number of aryl methyl sites for hydroxylation is 2. The molecule has 1 aromatic carbocycles. The maximum atomic E-state index is 12.0. The van der Waals surface area contributed by atoms with Crippen LogP contribution in [0.2, 0.25) is 0 Å². The second kappa shape index (κ2) is 8.02. The van der Waals surface area contributed by atoms with Gasteiger partial charge in [0.2, 0.25) is 0 Å². The molecule has 0 unspecified atom stereocenters. The molecule has 0 heterocycles. The first-order valence-corrected chi connectivity index (χ1v) is 7.71. The van der Waals surface area contributed by atoms with Crippen LogP contribution in [0.1, 0.15) is 37.3 Å². The largest absolute Gasteiger partial charge is 0.480 e. The van der Waals surface area contributed by atoms with Crippen LogP contribution >= 0.6 is 15.9 Å². The van der Waals surface area contributed by atoms with Gasteiger partial charge in [-0.05, 0) is 53.4 Å². The molecule has 116 valence electrons. The number of aliphatic carboxylic acids is 1. The standard InChI is InChI=1S/C15H21BrN2O3/c1-4-5-6-12(14(19)20)17-15(21)18-13-10(3)7-9(2)8-11(13)16/h7-8,12H,4-6H2,1-3H3,(H,19,20)(H2,17,18,21)/t12-/m0/s1. The number of nitrogens with one attached hydrogen (secondary N) is 2. The molecule has 0 aliphatic heterocycles. The molecule has 0 saturated carbocycles. The van der Waals surface area contributed by atoms with E-state index in [4.69, 9.17) is 5.11 Å². The fourth-order valence-corrected chi connectivity index (χ4v) is 2.82. The number of anilines is 1. The summed E-state index contributed by atoms with van der Waals surface area (Å²) >= 11 is 3.40. The Hall–Kier alpha value is -1.56. The van der Waals surface area contributed by atoms with Gasteiger partial charge < -0.3 is 15.7 Å². The summed E-state index contributed by atoms with van der Waals surface area (Å²) in [5.74, 6) is -1.02. The summed E-state index contributed by atoms with van der Waals surface area (Å²) in [7, 11) is 0. The van der Waals surface area contributed by atoms with Crippen LogP contribution in [0.3, 0.4) is 0 Å². The van der Waals surface area contributed by atoms with Crippen LogP contribution in [0.5, 0.6) is 0 Å². The number of amides is 2. The highest BCUT2D eigenvalue weighted by molar-refractivity contribution is 9.10. The van der Waals surface area contributed by atoms with Crippen molar-refractivity contribution in [2.75, 3.05) is 5.32 Å². The molecule has 5 nitrogen and oxygen atoms in total. The van der Waals surface area contributed by atoms with Crippen LogP contribution < -0.4 is 10.6 Å². The third-order valence-electron chi connectivity index (χ3n) is 3.12. The number of hydrogen-bond acceptors (Lipinski definition) is 2. The minimum absolute atomic E-state index is 0.424. The van der Waals surface area contributed by atoms with E-state index >= 15 is 0 Å². The first-order chi connectivity index (χ1) is 9.85. The number of carboxylic acid groups (broad SMARTS) is 1. The van der Waals surface area contributed by atoms with E-state index < -0.39 is 18.0 Å². The van der Waals surface area contributed by atoms with Crippen molar-refractivity contribution in [1.29, 1.82) is 0 Å². The van der Waals surface area contributed by atoms with Gasteiger partial charge in [-0.15, -0.1) is 0 Å². The molecule has 0 bridgehead atoms. The van der Waals surface area contributed by atoms with Crippen molar-refractivity contribution in [3.63, 3.8) is 0 Å². The van der Waals surface area contributed by atoms with Gasteiger partial charge in [-0.3, -0.25) is 0 Å². The number of halogens is 1. The fraction of sp³-hybridized carbons (Fsp3) is 0.467. The number of rotatable bonds is 6. The van der Waals surface area contributed by atoms with Crippen molar-refractivity contribution in [1.82, 2.24) is 5.32 Å². The van der Waals surface area contributed by atoms with E-state index in [1.165, 1.54) is 0 Å². The third kappa shape index (κ3) is 5.38. The van der Waals surface area contributed by atoms with E-state index in [1.54, 1.807) is 0 Å². The summed E-state index contributed by atoms with van der Waals surface area (Å²) in [6.45, 7) is 5.83. The van der Waals surface area contributed by atoms with Gasteiger partial charge in [-0.1, -0.05) is 25.8 Å². The van der Waals surface area contributed by atoms with Gasteiger partial charge in [0.15, 0.2) is 0 Å². The van der Waals surface area contributed by atoms with Gasteiger partial charge in [-0.2, -0.15) is 0 Å². The normalized spacial score (nSPS) is 11.8. The minimum atomic E-state index is -1.02. The summed E-state index contributed by atoms with van der Waals surface area (Å²) in [4.78, 5) is 23.1. The molecule has 2 amide bonds. The van der Waals surface area contributed by atoms with Gasteiger partial charge in [0, 0.05) is 4.47 Å². The highest BCUT2D eigenvalue weighted by atomic mass is 79.9. The molecular weight excluding hydrogens is 336 g/mol. The van der Waals surface area contributed by atoms with Crippen molar-refractivity contribution >= 4 is 33.6 Å². The molecule has 0 aliphatic carbocycles. The van der Waals surface area contributed by atoms with E-state index in [-0.39, 0.29) is 0 Å².